The van der Waals surface area contributed by atoms with Crippen LogP contribution in [-0.2, 0) is 11.3 Å². The first-order valence-corrected chi connectivity index (χ1v) is 8.40. The Morgan fingerprint density at radius 2 is 2.26 bits per heavy atom. The summed E-state index contributed by atoms with van der Waals surface area (Å²) in [5.74, 6) is 0.618. The maximum Gasteiger partial charge on any atom is 0.246 e. The van der Waals surface area contributed by atoms with Gasteiger partial charge in [-0.15, -0.1) is 0 Å². The van der Waals surface area contributed by atoms with E-state index in [-0.39, 0.29) is 5.91 Å². The molecule has 1 atom stereocenters. The Balaban J connectivity index is 1.95. The molecule has 4 heteroatoms. The average molecular weight is 316 g/mol. The van der Waals surface area contributed by atoms with Crippen LogP contribution in [0.25, 0.3) is 6.08 Å². The van der Waals surface area contributed by atoms with Crippen molar-refractivity contribution in [3.63, 3.8) is 0 Å². The summed E-state index contributed by atoms with van der Waals surface area (Å²) in [6.45, 7) is 3.42. The van der Waals surface area contributed by atoms with E-state index in [2.05, 4.69) is 17.0 Å². The second kappa shape index (κ2) is 8.85. The number of likely N-dealkylation sites (tertiary alicyclic amines) is 1. The van der Waals surface area contributed by atoms with Gasteiger partial charge in [-0.2, -0.15) is 0 Å². The van der Waals surface area contributed by atoms with Gasteiger partial charge in [0.15, 0.2) is 0 Å². The summed E-state index contributed by atoms with van der Waals surface area (Å²) in [7, 11) is 3.50. The minimum Gasteiger partial charge on any atom is -0.396 e. The number of benzene rings is 1. The van der Waals surface area contributed by atoms with Crippen LogP contribution in [0, 0.1) is 5.92 Å². The van der Waals surface area contributed by atoms with E-state index < -0.39 is 0 Å². The van der Waals surface area contributed by atoms with E-state index >= 15 is 0 Å². The topological polar surface area (TPSA) is 43.8 Å². The number of piperidine rings is 1. The van der Waals surface area contributed by atoms with Crippen molar-refractivity contribution in [3.8, 4) is 0 Å². The maximum atomic E-state index is 11.6. The van der Waals surface area contributed by atoms with E-state index in [1.807, 2.05) is 18.2 Å². The first-order chi connectivity index (χ1) is 11.1. The first-order valence-electron chi connectivity index (χ1n) is 8.40. The molecule has 1 unspecified atom stereocenters. The molecule has 1 saturated heterocycles. The van der Waals surface area contributed by atoms with Gasteiger partial charge in [0.05, 0.1) is 0 Å². The van der Waals surface area contributed by atoms with Gasteiger partial charge in [-0.3, -0.25) is 9.69 Å². The van der Waals surface area contributed by atoms with Crippen LogP contribution in [0.2, 0.25) is 0 Å². The van der Waals surface area contributed by atoms with Crippen molar-refractivity contribution in [2.45, 2.75) is 25.8 Å². The Kier molecular flexibility index (Phi) is 6.81. The molecule has 1 amide bonds. The molecule has 0 aromatic heterocycles. The van der Waals surface area contributed by atoms with Crippen molar-refractivity contribution >= 4 is 12.0 Å². The third kappa shape index (κ3) is 5.81. The van der Waals surface area contributed by atoms with Crippen LogP contribution in [0.4, 0.5) is 0 Å². The van der Waals surface area contributed by atoms with Crippen molar-refractivity contribution in [3.05, 3.63) is 41.5 Å². The van der Waals surface area contributed by atoms with Crippen molar-refractivity contribution in [1.29, 1.82) is 0 Å². The van der Waals surface area contributed by atoms with E-state index in [0.717, 1.165) is 31.6 Å². The number of hydrogen-bond acceptors (Lipinski definition) is 3. The van der Waals surface area contributed by atoms with Crippen LogP contribution in [0.3, 0.4) is 0 Å². The number of likely N-dealkylation sites (N-methyl/N-ethyl adjacent to an activating group) is 1. The zero-order valence-corrected chi connectivity index (χ0v) is 14.2. The lowest BCUT2D eigenvalue weighted by atomic mass is 9.95. The SMILES string of the molecule is CN(C)C(=O)C=Cc1cccc(CN2CCCC(CCO)C2)c1. The average Bonchev–Trinajstić information content (AvgIpc) is 2.53. The summed E-state index contributed by atoms with van der Waals surface area (Å²) in [5, 5.41) is 9.12. The molecule has 1 heterocycles. The number of carbonyl (C=O) groups excluding carboxylic acids is 1. The van der Waals surface area contributed by atoms with Gasteiger partial charge in [-0.25, -0.2) is 0 Å². The Labute approximate surface area is 139 Å². The summed E-state index contributed by atoms with van der Waals surface area (Å²) >= 11 is 0. The molecule has 1 aromatic carbocycles. The third-order valence-electron chi connectivity index (χ3n) is 4.36. The van der Waals surface area contributed by atoms with Gasteiger partial charge in [0.2, 0.25) is 5.91 Å². The van der Waals surface area contributed by atoms with E-state index in [9.17, 15) is 4.79 Å². The van der Waals surface area contributed by atoms with Crippen molar-refractivity contribution in [2.75, 3.05) is 33.8 Å². The number of aliphatic hydroxyl groups is 1. The number of aliphatic hydroxyl groups excluding tert-OH is 1. The normalized spacial score (nSPS) is 19.2. The first kappa shape index (κ1) is 17.7. The van der Waals surface area contributed by atoms with Gasteiger partial charge < -0.3 is 10.0 Å². The largest absolute Gasteiger partial charge is 0.396 e. The fourth-order valence-corrected chi connectivity index (χ4v) is 3.08. The molecular formula is C19H28N2O2. The van der Waals surface area contributed by atoms with Gasteiger partial charge in [-0.1, -0.05) is 24.3 Å². The van der Waals surface area contributed by atoms with Crippen LogP contribution in [0.15, 0.2) is 30.3 Å². The van der Waals surface area contributed by atoms with E-state index in [1.165, 1.54) is 18.4 Å². The minimum atomic E-state index is -0.00159. The fraction of sp³-hybridized carbons (Fsp3) is 0.526. The van der Waals surface area contributed by atoms with Gasteiger partial charge in [0, 0.05) is 39.9 Å². The number of carbonyl (C=O) groups is 1. The Morgan fingerprint density at radius 1 is 1.43 bits per heavy atom. The predicted molar refractivity (Wildman–Crippen MR) is 93.9 cm³/mol. The van der Waals surface area contributed by atoms with Crippen LogP contribution in [-0.4, -0.2) is 54.6 Å². The van der Waals surface area contributed by atoms with Crippen LogP contribution < -0.4 is 0 Å². The lowest BCUT2D eigenvalue weighted by Gasteiger charge is -2.32. The summed E-state index contributed by atoms with van der Waals surface area (Å²) in [4.78, 5) is 15.7. The highest BCUT2D eigenvalue weighted by Crippen LogP contribution is 2.21. The number of amides is 1. The molecule has 0 spiro atoms. The van der Waals surface area contributed by atoms with Gasteiger partial charge in [-0.05, 0) is 48.9 Å². The highest BCUT2D eigenvalue weighted by molar-refractivity contribution is 5.91. The van der Waals surface area contributed by atoms with E-state index in [1.54, 1.807) is 25.1 Å². The van der Waals surface area contributed by atoms with Gasteiger partial charge >= 0.3 is 0 Å². The second-order valence-corrected chi connectivity index (χ2v) is 6.57. The smallest absolute Gasteiger partial charge is 0.246 e. The fourth-order valence-electron chi connectivity index (χ4n) is 3.08. The number of hydrogen-bond donors (Lipinski definition) is 1. The zero-order chi connectivity index (χ0) is 16.7. The molecule has 1 N–H and O–H groups in total. The predicted octanol–water partition coefficient (Wildman–Crippen LogP) is 2.38. The Hall–Kier alpha value is -1.65. The number of rotatable bonds is 6. The molecule has 0 radical (unpaired) electrons. The molecule has 0 aliphatic carbocycles. The van der Waals surface area contributed by atoms with Crippen molar-refractivity contribution < 1.29 is 9.90 Å². The van der Waals surface area contributed by atoms with Crippen molar-refractivity contribution in [1.82, 2.24) is 9.80 Å². The molecule has 4 nitrogen and oxygen atoms in total. The molecule has 23 heavy (non-hydrogen) atoms. The van der Waals surface area contributed by atoms with Gasteiger partial charge in [0.25, 0.3) is 0 Å². The van der Waals surface area contributed by atoms with Crippen LogP contribution >= 0.6 is 0 Å². The standard InChI is InChI=1S/C19H28N2O2/c1-20(2)19(23)9-8-16-5-3-6-18(13-16)15-21-11-4-7-17(14-21)10-12-22/h3,5-6,8-9,13,17,22H,4,7,10-12,14-15H2,1-2H3. The molecule has 126 valence electrons. The van der Waals surface area contributed by atoms with Crippen molar-refractivity contribution in [2.24, 2.45) is 5.92 Å². The molecule has 1 aliphatic heterocycles. The lowest BCUT2D eigenvalue weighted by Crippen LogP contribution is -2.35. The molecule has 1 aliphatic rings. The van der Waals surface area contributed by atoms with Crippen LogP contribution in [0.1, 0.15) is 30.4 Å². The molecule has 0 bridgehead atoms. The second-order valence-electron chi connectivity index (χ2n) is 6.57. The van der Waals surface area contributed by atoms with Crippen LogP contribution in [0.5, 0.6) is 0 Å². The lowest BCUT2D eigenvalue weighted by molar-refractivity contribution is -0.123. The Bertz CT molecular complexity index is 538. The third-order valence-corrected chi connectivity index (χ3v) is 4.36. The zero-order valence-electron chi connectivity index (χ0n) is 14.2. The molecular weight excluding hydrogens is 288 g/mol. The van der Waals surface area contributed by atoms with Gasteiger partial charge in [0.1, 0.15) is 0 Å². The molecule has 0 saturated carbocycles. The van der Waals surface area contributed by atoms with E-state index in [4.69, 9.17) is 5.11 Å². The molecule has 1 aromatic rings. The summed E-state index contributed by atoms with van der Waals surface area (Å²) < 4.78 is 0. The summed E-state index contributed by atoms with van der Waals surface area (Å²) in [6.07, 6.45) is 6.83. The molecule has 1 fully saturated rings. The minimum absolute atomic E-state index is 0.00159. The molecule has 2 rings (SSSR count). The summed E-state index contributed by atoms with van der Waals surface area (Å²) in [5.41, 5.74) is 2.33. The highest BCUT2D eigenvalue weighted by atomic mass is 16.3. The maximum absolute atomic E-state index is 11.6. The number of nitrogens with zero attached hydrogens (tertiary/aromatic N) is 2. The summed E-state index contributed by atoms with van der Waals surface area (Å²) in [6, 6.07) is 8.36. The quantitative estimate of drug-likeness (QED) is 0.820. The highest BCUT2D eigenvalue weighted by Gasteiger charge is 2.19. The van der Waals surface area contributed by atoms with E-state index in [0.29, 0.717) is 12.5 Å². The Morgan fingerprint density at radius 3 is 3.00 bits per heavy atom. The monoisotopic (exact) mass is 316 g/mol.